The fourth-order valence-corrected chi connectivity index (χ4v) is 3.14. The van der Waals surface area contributed by atoms with E-state index in [0.29, 0.717) is 23.9 Å². The highest BCUT2D eigenvalue weighted by Gasteiger charge is 2.31. The molecule has 0 spiro atoms. The third-order valence-electron chi connectivity index (χ3n) is 4.89. The summed E-state index contributed by atoms with van der Waals surface area (Å²) in [5.74, 6) is 1.15. The molecule has 1 aromatic rings. The van der Waals surface area contributed by atoms with E-state index in [2.05, 4.69) is 37.9 Å². The van der Waals surface area contributed by atoms with E-state index in [1.54, 1.807) is 12.1 Å². The van der Waals surface area contributed by atoms with E-state index in [0.717, 1.165) is 19.6 Å². The molecule has 2 nitrogen and oxygen atoms in total. The van der Waals surface area contributed by atoms with Gasteiger partial charge in [-0.25, -0.2) is 4.39 Å². The van der Waals surface area contributed by atoms with Crippen LogP contribution in [0.3, 0.4) is 0 Å². The molecule has 0 bridgehead atoms. The summed E-state index contributed by atoms with van der Waals surface area (Å²) in [6.07, 6.45) is 1.19. The van der Waals surface area contributed by atoms with Crippen LogP contribution in [0, 0.1) is 17.7 Å². The Morgan fingerprint density at radius 2 is 1.90 bits per heavy atom. The average Bonchev–Trinajstić information content (AvgIpc) is 2.48. The van der Waals surface area contributed by atoms with Crippen molar-refractivity contribution in [3.05, 3.63) is 35.6 Å². The van der Waals surface area contributed by atoms with Gasteiger partial charge in [0.2, 0.25) is 0 Å². The Morgan fingerprint density at radius 3 is 2.48 bits per heavy atom. The molecule has 0 aromatic heterocycles. The Bertz CT molecular complexity index is 429. The van der Waals surface area contributed by atoms with Crippen molar-refractivity contribution >= 4 is 0 Å². The number of halogens is 1. The predicted molar refractivity (Wildman–Crippen MR) is 86.7 cm³/mol. The number of nitrogens with zero attached hydrogens (tertiary/aromatic N) is 1. The number of nitrogens with one attached hydrogen (secondary N) is 1. The zero-order valence-corrected chi connectivity index (χ0v) is 13.8. The van der Waals surface area contributed by atoms with E-state index in [1.165, 1.54) is 12.0 Å². The van der Waals surface area contributed by atoms with Crippen molar-refractivity contribution < 1.29 is 4.39 Å². The van der Waals surface area contributed by atoms with Crippen LogP contribution in [-0.2, 0) is 6.54 Å². The van der Waals surface area contributed by atoms with Crippen LogP contribution in [0.2, 0.25) is 0 Å². The van der Waals surface area contributed by atoms with E-state index in [9.17, 15) is 4.39 Å². The van der Waals surface area contributed by atoms with Crippen LogP contribution in [0.5, 0.6) is 0 Å². The largest absolute Gasteiger partial charge is 0.311 e. The van der Waals surface area contributed by atoms with Crippen molar-refractivity contribution in [2.75, 3.05) is 13.1 Å². The predicted octanol–water partition coefficient (Wildman–Crippen LogP) is 3.67. The van der Waals surface area contributed by atoms with Crippen molar-refractivity contribution in [2.45, 2.75) is 52.7 Å². The first-order valence-electron chi connectivity index (χ1n) is 8.23. The minimum Gasteiger partial charge on any atom is -0.311 e. The van der Waals surface area contributed by atoms with Crippen LogP contribution in [0.4, 0.5) is 4.39 Å². The highest BCUT2D eigenvalue weighted by Crippen LogP contribution is 2.22. The van der Waals surface area contributed by atoms with Crippen LogP contribution in [0.15, 0.2) is 24.3 Å². The van der Waals surface area contributed by atoms with E-state index in [4.69, 9.17) is 0 Å². The zero-order chi connectivity index (χ0) is 15.4. The van der Waals surface area contributed by atoms with Crippen molar-refractivity contribution in [3.63, 3.8) is 0 Å². The fraction of sp³-hybridized carbons (Fsp3) is 0.667. The lowest BCUT2D eigenvalue weighted by Crippen LogP contribution is -2.59. The number of benzene rings is 1. The summed E-state index contributed by atoms with van der Waals surface area (Å²) < 4.78 is 13.1. The molecule has 3 unspecified atom stereocenters. The molecule has 1 aromatic carbocycles. The van der Waals surface area contributed by atoms with E-state index in [1.807, 2.05) is 12.1 Å². The maximum absolute atomic E-state index is 13.1. The number of piperazine rings is 1. The van der Waals surface area contributed by atoms with Gasteiger partial charge in [0.05, 0.1) is 0 Å². The third kappa shape index (κ3) is 4.27. The molecule has 0 saturated carbocycles. The van der Waals surface area contributed by atoms with Crippen molar-refractivity contribution in [1.29, 1.82) is 0 Å². The number of hydrogen-bond donors (Lipinski definition) is 1. The molecule has 0 radical (unpaired) electrons. The summed E-state index contributed by atoms with van der Waals surface area (Å²) in [6.45, 7) is 12.2. The van der Waals surface area contributed by atoms with Gasteiger partial charge in [0.1, 0.15) is 5.82 Å². The number of hydrogen-bond acceptors (Lipinski definition) is 2. The Labute approximate surface area is 128 Å². The topological polar surface area (TPSA) is 15.3 Å². The standard InChI is InChI=1S/C18H29FN2/c1-5-14(4)18-10-20-17(13(2)3)12-21(18)11-15-6-8-16(19)9-7-15/h6-9,13-14,17-18,20H,5,10-12H2,1-4H3. The van der Waals surface area contributed by atoms with Gasteiger partial charge in [-0.3, -0.25) is 4.90 Å². The fourth-order valence-electron chi connectivity index (χ4n) is 3.14. The summed E-state index contributed by atoms with van der Waals surface area (Å²) in [5.41, 5.74) is 1.20. The monoisotopic (exact) mass is 292 g/mol. The van der Waals surface area contributed by atoms with Crippen LogP contribution in [-0.4, -0.2) is 30.1 Å². The van der Waals surface area contributed by atoms with Gasteiger partial charge in [-0.1, -0.05) is 46.2 Å². The molecule has 21 heavy (non-hydrogen) atoms. The normalized spacial score (nSPS) is 25.2. The maximum atomic E-state index is 13.1. The smallest absolute Gasteiger partial charge is 0.123 e. The lowest BCUT2D eigenvalue weighted by Gasteiger charge is -2.44. The quantitative estimate of drug-likeness (QED) is 0.891. The Kier molecular flexibility index (Phi) is 5.77. The molecule has 1 aliphatic rings. The van der Waals surface area contributed by atoms with E-state index >= 15 is 0 Å². The number of rotatable bonds is 5. The molecular formula is C18H29FN2. The van der Waals surface area contributed by atoms with Gasteiger partial charge in [0, 0.05) is 31.7 Å². The van der Waals surface area contributed by atoms with Gasteiger partial charge in [0.25, 0.3) is 0 Å². The minimum absolute atomic E-state index is 0.155. The molecule has 118 valence electrons. The first-order chi connectivity index (χ1) is 10.0. The van der Waals surface area contributed by atoms with Crippen molar-refractivity contribution in [3.8, 4) is 0 Å². The third-order valence-corrected chi connectivity index (χ3v) is 4.89. The first-order valence-corrected chi connectivity index (χ1v) is 8.23. The average molecular weight is 292 g/mol. The summed E-state index contributed by atoms with van der Waals surface area (Å²) in [6, 6.07) is 8.07. The van der Waals surface area contributed by atoms with E-state index < -0.39 is 0 Å². The molecule has 1 fully saturated rings. The second kappa shape index (κ2) is 7.37. The van der Waals surface area contributed by atoms with E-state index in [-0.39, 0.29) is 5.82 Å². The molecule has 0 amide bonds. The Morgan fingerprint density at radius 1 is 1.24 bits per heavy atom. The van der Waals surface area contributed by atoms with Gasteiger partial charge >= 0.3 is 0 Å². The van der Waals surface area contributed by atoms with Crippen molar-refractivity contribution in [2.24, 2.45) is 11.8 Å². The van der Waals surface area contributed by atoms with Gasteiger partial charge in [-0.15, -0.1) is 0 Å². The highest BCUT2D eigenvalue weighted by atomic mass is 19.1. The molecular weight excluding hydrogens is 263 g/mol. The zero-order valence-electron chi connectivity index (χ0n) is 13.8. The van der Waals surface area contributed by atoms with Crippen LogP contribution in [0.25, 0.3) is 0 Å². The summed E-state index contributed by atoms with van der Waals surface area (Å²) in [7, 11) is 0. The first kappa shape index (κ1) is 16.4. The molecule has 1 N–H and O–H groups in total. The second-order valence-corrected chi connectivity index (χ2v) is 6.77. The molecule has 1 aliphatic heterocycles. The summed E-state index contributed by atoms with van der Waals surface area (Å²) >= 11 is 0. The molecule has 3 heteroatoms. The van der Waals surface area contributed by atoms with Gasteiger partial charge in [-0.2, -0.15) is 0 Å². The van der Waals surface area contributed by atoms with Gasteiger partial charge in [-0.05, 0) is 29.5 Å². The van der Waals surface area contributed by atoms with Gasteiger partial charge < -0.3 is 5.32 Å². The summed E-state index contributed by atoms with van der Waals surface area (Å²) in [4.78, 5) is 2.59. The minimum atomic E-state index is -0.155. The molecule has 1 heterocycles. The Hall–Kier alpha value is -0.930. The second-order valence-electron chi connectivity index (χ2n) is 6.77. The van der Waals surface area contributed by atoms with Crippen molar-refractivity contribution in [1.82, 2.24) is 10.2 Å². The summed E-state index contributed by atoms with van der Waals surface area (Å²) in [5, 5.41) is 3.71. The highest BCUT2D eigenvalue weighted by molar-refractivity contribution is 5.16. The van der Waals surface area contributed by atoms with Crippen LogP contribution in [0.1, 0.15) is 39.7 Å². The maximum Gasteiger partial charge on any atom is 0.123 e. The lowest BCUT2D eigenvalue weighted by atomic mass is 9.91. The Balaban J connectivity index is 2.10. The lowest BCUT2D eigenvalue weighted by molar-refractivity contribution is 0.0722. The molecule has 2 rings (SSSR count). The SMILES string of the molecule is CCC(C)C1CNC(C(C)C)CN1Cc1ccc(F)cc1. The van der Waals surface area contributed by atoms with Crippen LogP contribution >= 0.6 is 0 Å². The molecule has 0 aliphatic carbocycles. The molecule has 3 atom stereocenters. The molecule has 1 saturated heterocycles. The van der Waals surface area contributed by atoms with Gasteiger partial charge in [0.15, 0.2) is 0 Å². The van der Waals surface area contributed by atoms with Crippen LogP contribution < -0.4 is 5.32 Å².